The van der Waals surface area contributed by atoms with Crippen molar-refractivity contribution >= 4 is 36.3 Å². The van der Waals surface area contributed by atoms with E-state index in [0.717, 1.165) is 6.54 Å². The second-order valence-electron chi connectivity index (χ2n) is 8.16. The zero-order chi connectivity index (χ0) is 18.7. The van der Waals surface area contributed by atoms with Gasteiger partial charge in [-0.3, -0.25) is 0 Å². The summed E-state index contributed by atoms with van der Waals surface area (Å²) in [7, 11) is 0.564. The molecule has 1 heterocycles. The maximum absolute atomic E-state index is 2.50. The molecular formula is C24H33NSi. The minimum atomic E-state index is -1.68. The molecule has 2 aromatic carbocycles. The Kier molecular flexibility index (Phi) is 5.72. The van der Waals surface area contributed by atoms with Crippen LogP contribution in [0, 0.1) is 0 Å². The first-order valence-electron chi connectivity index (χ1n) is 10.1. The Morgan fingerprint density at radius 2 is 1.77 bits per heavy atom. The van der Waals surface area contributed by atoms with E-state index in [0.29, 0.717) is 0 Å². The quantitative estimate of drug-likeness (QED) is 0.561. The normalized spacial score (nSPS) is 15.2. The van der Waals surface area contributed by atoms with Crippen LogP contribution in [0.2, 0.25) is 13.1 Å². The first kappa shape index (κ1) is 19.0. The smallest absolute Gasteiger partial charge is 0.113 e. The van der Waals surface area contributed by atoms with Crippen molar-refractivity contribution in [2.24, 2.45) is 0 Å². The van der Waals surface area contributed by atoms with Gasteiger partial charge in [0.2, 0.25) is 0 Å². The maximum Gasteiger partial charge on any atom is 0.113 e. The summed E-state index contributed by atoms with van der Waals surface area (Å²) in [4.78, 5) is 2.44. The van der Waals surface area contributed by atoms with E-state index in [-0.39, 0.29) is 0 Å². The van der Waals surface area contributed by atoms with Crippen LogP contribution in [0.1, 0.15) is 45.1 Å². The first-order valence-corrected chi connectivity index (χ1v) is 13.1. The van der Waals surface area contributed by atoms with Gasteiger partial charge in [0.15, 0.2) is 0 Å². The molecule has 0 spiro atoms. The third-order valence-electron chi connectivity index (χ3n) is 5.89. The van der Waals surface area contributed by atoms with Gasteiger partial charge in [0.1, 0.15) is 8.07 Å². The second kappa shape index (κ2) is 7.83. The summed E-state index contributed by atoms with van der Waals surface area (Å²) >= 11 is 0. The van der Waals surface area contributed by atoms with Crippen molar-refractivity contribution in [3.8, 4) is 0 Å². The molecule has 0 saturated heterocycles. The molecule has 138 valence electrons. The van der Waals surface area contributed by atoms with E-state index in [1.807, 2.05) is 0 Å². The molecule has 1 nitrogen and oxygen atoms in total. The lowest BCUT2D eigenvalue weighted by Crippen LogP contribution is -2.62. The number of hydrogen-bond acceptors (Lipinski definition) is 1. The van der Waals surface area contributed by atoms with Crippen LogP contribution in [0.25, 0.3) is 12.2 Å². The van der Waals surface area contributed by atoms with E-state index in [4.69, 9.17) is 0 Å². The van der Waals surface area contributed by atoms with Gasteiger partial charge in [-0.25, -0.2) is 0 Å². The van der Waals surface area contributed by atoms with Crippen molar-refractivity contribution in [1.82, 2.24) is 0 Å². The number of unbranched alkanes of at least 4 members (excludes halogenated alkanes) is 3. The van der Waals surface area contributed by atoms with E-state index in [1.165, 1.54) is 47.4 Å². The van der Waals surface area contributed by atoms with Crippen molar-refractivity contribution in [1.29, 1.82) is 0 Å². The molecule has 0 amide bonds. The van der Waals surface area contributed by atoms with Crippen molar-refractivity contribution < 1.29 is 0 Å². The second-order valence-corrected chi connectivity index (χ2v) is 12.5. The summed E-state index contributed by atoms with van der Waals surface area (Å²) < 4.78 is 0. The highest BCUT2D eigenvalue weighted by atomic mass is 28.3. The summed E-state index contributed by atoms with van der Waals surface area (Å²) in [5.41, 5.74) is 2.79. The third-order valence-corrected chi connectivity index (χ3v) is 9.45. The fourth-order valence-electron chi connectivity index (χ4n) is 4.09. The van der Waals surface area contributed by atoms with Gasteiger partial charge < -0.3 is 4.90 Å². The third kappa shape index (κ3) is 3.66. The molecule has 3 rings (SSSR count). The Morgan fingerprint density at radius 3 is 2.50 bits per heavy atom. The zero-order valence-corrected chi connectivity index (χ0v) is 18.1. The van der Waals surface area contributed by atoms with Crippen molar-refractivity contribution in [3.05, 3.63) is 52.4 Å². The highest BCUT2D eigenvalue weighted by molar-refractivity contribution is 7.01. The molecule has 0 saturated carbocycles. The van der Waals surface area contributed by atoms with Gasteiger partial charge >= 0.3 is 0 Å². The fourth-order valence-corrected chi connectivity index (χ4v) is 7.17. The van der Waals surface area contributed by atoms with E-state index in [9.17, 15) is 0 Å². The monoisotopic (exact) mass is 363 g/mol. The Hall–Kier alpha value is -1.80. The molecule has 1 aliphatic heterocycles. The molecule has 0 atom stereocenters. The minimum Gasteiger partial charge on any atom is -0.375 e. The summed E-state index contributed by atoms with van der Waals surface area (Å²) in [6, 6.07) is 14.1. The van der Waals surface area contributed by atoms with Crippen molar-refractivity contribution in [2.45, 2.75) is 52.6 Å². The van der Waals surface area contributed by atoms with Crippen LogP contribution >= 0.6 is 0 Å². The average Bonchev–Trinajstić information content (AvgIpc) is 2.65. The fraction of sp³-hybridized carbons (Fsp3) is 0.417. The predicted molar refractivity (Wildman–Crippen MR) is 120 cm³/mol. The highest BCUT2D eigenvalue weighted by Gasteiger charge is 2.32. The van der Waals surface area contributed by atoms with Crippen LogP contribution in [0.5, 0.6) is 0 Å². The largest absolute Gasteiger partial charge is 0.375 e. The van der Waals surface area contributed by atoms with Gasteiger partial charge in [0, 0.05) is 19.3 Å². The Labute approximate surface area is 160 Å². The molecule has 0 bridgehead atoms. The first-order chi connectivity index (χ1) is 12.5. The van der Waals surface area contributed by atoms with E-state index in [1.54, 1.807) is 10.4 Å². The molecule has 1 aliphatic rings. The summed E-state index contributed by atoms with van der Waals surface area (Å²) in [5, 5.41) is 5.91. The lowest BCUT2D eigenvalue weighted by atomic mass is 10.1. The number of fused-ring (bicyclic) bond motifs is 2. The van der Waals surface area contributed by atoms with Crippen LogP contribution in [0.4, 0.5) is 5.69 Å². The molecule has 0 N–H and O–H groups in total. The van der Waals surface area contributed by atoms with Crippen LogP contribution in [0.3, 0.4) is 0 Å². The lowest BCUT2D eigenvalue weighted by Gasteiger charge is -2.31. The number of nitrogens with zero attached hydrogens (tertiary/aromatic N) is 1. The number of anilines is 1. The van der Waals surface area contributed by atoms with E-state index >= 15 is 0 Å². The molecule has 0 aromatic heterocycles. The van der Waals surface area contributed by atoms with Gasteiger partial charge in [-0.15, -0.1) is 0 Å². The molecular weight excluding hydrogens is 330 g/mol. The molecule has 0 aliphatic carbocycles. The van der Waals surface area contributed by atoms with Gasteiger partial charge in [0.05, 0.1) is 0 Å². The van der Waals surface area contributed by atoms with Crippen LogP contribution < -0.4 is 25.7 Å². The Balaban J connectivity index is 1.95. The van der Waals surface area contributed by atoms with Crippen molar-refractivity contribution in [3.63, 3.8) is 0 Å². The standard InChI is InChI=1S/C24H33NSi/c1-6-8-9-10-15-25(3)22-14-13-21-17-20-12-11-19(7-2)16-23(20)26(4,5)24(21)18-22/h7,11-14,16-18H,6,8-10,15H2,1-5H3/b19-7+. The van der Waals surface area contributed by atoms with Gasteiger partial charge in [0.25, 0.3) is 0 Å². The van der Waals surface area contributed by atoms with E-state index < -0.39 is 8.07 Å². The molecule has 2 aromatic rings. The average molecular weight is 364 g/mol. The summed E-state index contributed by atoms with van der Waals surface area (Å²) in [5.74, 6) is 0. The van der Waals surface area contributed by atoms with Crippen LogP contribution in [0.15, 0.2) is 36.4 Å². The Morgan fingerprint density at radius 1 is 0.962 bits per heavy atom. The summed E-state index contributed by atoms with van der Waals surface area (Å²) in [6.45, 7) is 10.6. The SMILES string of the molecule is C/C=c1\ccc2c(c1)[Si](C)(C)c1cc(N(C)CCCCCC)ccc1C=2. The molecule has 26 heavy (non-hydrogen) atoms. The van der Waals surface area contributed by atoms with E-state index in [2.05, 4.69) is 87.4 Å². The number of rotatable bonds is 6. The highest BCUT2D eigenvalue weighted by Crippen LogP contribution is 2.19. The van der Waals surface area contributed by atoms with Gasteiger partial charge in [-0.1, -0.05) is 69.6 Å². The predicted octanol–water partition coefficient (Wildman–Crippen LogP) is 3.47. The maximum atomic E-state index is 2.50. The Bertz CT molecular complexity index is 895. The topological polar surface area (TPSA) is 3.24 Å². The van der Waals surface area contributed by atoms with Gasteiger partial charge in [-0.05, 0) is 57.9 Å². The van der Waals surface area contributed by atoms with Gasteiger partial charge in [-0.2, -0.15) is 0 Å². The van der Waals surface area contributed by atoms with Crippen LogP contribution in [-0.2, 0) is 0 Å². The van der Waals surface area contributed by atoms with Crippen LogP contribution in [-0.4, -0.2) is 21.7 Å². The lowest BCUT2D eigenvalue weighted by molar-refractivity contribution is 0.661. The zero-order valence-electron chi connectivity index (χ0n) is 17.1. The molecule has 0 unspecified atom stereocenters. The molecule has 0 radical (unpaired) electrons. The number of benzene rings is 2. The minimum absolute atomic E-state index is 1.15. The number of hydrogen-bond donors (Lipinski definition) is 0. The molecule has 0 fully saturated rings. The molecule has 2 heteroatoms. The van der Waals surface area contributed by atoms with Crippen molar-refractivity contribution in [2.75, 3.05) is 18.5 Å². The summed E-state index contributed by atoms with van der Waals surface area (Å²) in [6.07, 6.45) is 9.86.